The zero-order chi connectivity index (χ0) is 11.8. The van der Waals surface area contributed by atoms with E-state index in [0.29, 0.717) is 6.04 Å². The third-order valence-corrected chi connectivity index (χ3v) is 2.51. The summed E-state index contributed by atoms with van der Waals surface area (Å²) in [6.07, 6.45) is 5.00. The van der Waals surface area contributed by atoms with Gasteiger partial charge in [-0.05, 0) is 26.2 Å². The fourth-order valence-electron chi connectivity index (χ4n) is 1.54. The molecule has 0 spiro atoms. The second-order valence-electron chi connectivity index (χ2n) is 4.09. The van der Waals surface area contributed by atoms with Crippen molar-refractivity contribution in [3.05, 3.63) is 12.7 Å². The van der Waals surface area contributed by atoms with Gasteiger partial charge in [-0.25, -0.2) is 0 Å². The SMILES string of the molecule is C=CCCC(CC)N[C@H](C)C(=O)N(C)C. The number of allylic oxidation sites excluding steroid dienone is 1. The minimum Gasteiger partial charge on any atom is -0.347 e. The van der Waals surface area contributed by atoms with E-state index in [1.54, 1.807) is 19.0 Å². The highest BCUT2D eigenvalue weighted by molar-refractivity contribution is 5.80. The summed E-state index contributed by atoms with van der Waals surface area (Å²) >= 11 is 0. The molecule has 0 aliphatic rings. The summed E-state index contributed by atoms with van der Waals surface area (Å²) in [5.41, 5.74) is 0. The van der Waals surface area contributed by atoms with E-state index < -0.39 is 0 Å². The van der Waals surface area contributed by atoms with Gasteiger partial charge in [0, 0.05) is 20.1 Å². The van der Waals surface area contributed by atoms with Gasteiger partial charge in [0.25, 0.3) is 0 Å². The Morgan fingerprint density at radius 1 is 1.53 bits per heavy atom. The van der Waals surface area contributed by atoms with Gasteiger partial charge in [-0.15, -0.1) is 6.58 Å². The van der Waals surface area contributed by atoms with Gasteiger partial charge in [0.2, 0.25) is 5.91 Å². The molecule has 0 rings (SSSR count). The third kappa shape index (κ3) is 5.57. The Bertz CT molecular complexity index is 202. The van der Waals surface area contributed by atoms with Crippen LogP contribution in [0.1, 0.15) is 33.1 Å². The van der Waals surface area contributed by atoms with Crippen molar-refractivity contribution in [2.45, 2.75) is 45.2 Å². The average molecular weight is 212 g/mol. The van der Waals surface area contributed by atoms with Gasteiger partial charge in [0.05, 0.1) is 6.04 Å². The molecule has 0 fully saturated rings. The molecule has 0 aliphatic carbocycles. The van der Waals surface area contributed by atoms with Gasteiger partial charge < -0.3 is 10.2 Å². The van der Waals surface area contributed by atoms with E-state index in [0.717, 1.165) is 19.3 Å². The molecule has 0 aromatic rings. The summed E-state index contributed by atoms with van der Waals surface area (Å²) in [4.78, 5) is 13.2. The number of amides is 1. The summed E-state index contributed by atoms with van der Waals surface area (Å²) in [6.45, 7) is 7.75. The predicted octanol–water partition coefficient (Wildman–Crippen LogP) is 1.80. The molecule has 0 heterocycles. The van der Waals surface area contributed by atoms with Crippen LogP contribution in [-0.4, -0.2) is 37.0 Å². The van der Waals surface area contributed by atoms with E-state index in [1.807, 2.05) is 13.0 Å². The Kier molecular flexibility index (Phi) is 7.05. The van der Waals surface area contributed by atoms with Crippen LogP contribution in [0.5, 0.6) is 0 Å². The maximum atomic E-state index is 11.6. The Labute approximate surface area is 93.5 Å². The van der Waals surface area contributed by atoms with Crippen LogP contribution < -0.4 is 5.32 Å². The second-order valence-corrected chi connectivity index (χ2v) is 4.09. The maximum Gasteiger partial charge on any atom is 0.238 e. The molecule has 0 aromatic heterocycles. The minimum absolute atomic E-state index is 0.102. The molecule has 0 saturated heterocycles. The summed E-state index contributed by atoms with van der Waals surface area (Å²) in [5.74, 6) is 0.132. The molecule has 3 heteroatoms. The zero-order valence-corrected chi connectivity index (χ0v) is 10.4. The molecule has 15 heavy (non-hydrogen) atoms. The zero-order valence-electron chi connectivity index (χ0n) is 10.4. The molecule has 1 amide bonds. The molecule has 0 aliphatic heterocycles. The van der Waals surface area contributed by atoms with E-state index >= 15 is 0 Å². The standard InChI is InChI=1S/C12H24N2O/c1-6-8-9-11(7-2)13-10(3)12(15)14(4)5/h6,10-11,13H,1,7-9H2,2-5H3/t10-,11?/m1/s1. The number of nitrogens with zero attached hydrogens (tertiary/aromatic N) is 1. The lowest BCUT2D eigenvalue weighted by molar-refractivity contribution is -0.130. The van der Waals surface area contributed by atoms with E-state index in [2.05, 4.69) is 18.8 Å². The monoisotopic (exact) mass is 212 g/mol. The number of carbonyl (C=O) groups is 1. The van der Waals surface area contributed by atoms with Crippen molar-refractivity contribution in [2.75, 3.05) is 14.1 Å². The van der Waals surface area contributed by atoms with Crippen molar-refractivity contribution < 1.29 is 4.79 Å². The molecule has 2 atom stereocenters. The molecule has 0 radical (unpaired) electrons. The predicted molar refractivity (Wildman–Crippen MR) is 64.8 cm³/mol. The van der Waals surface area contributed by atoms with Crippen LogP contribution in [0.3, 0.4) is 0 Å². The molecule has 88 valence electrons. The Hall–Kier alpha value is -0.830. The van der Waals surface area contributed by atoms with Crippen LogP contribution >= 0.6 is 0 Å². The molecule has 0 bridgehead atoms. The highest BCUT2D eigenvalue weighted by Gasteiger charge is 2.17. The number of nitrogens with one attached hydrogen (secondary N) is 1. The van der Waals surface area contributed by atoms with Crippen molar-refractivity contribution in [1.29, 1.82) is 0 Å². The molecular formula is C12H24N2O. The first-order chi connectivity index (χ1) is 7.02. The number of rotatable bonds is 7. The smallest absolute Gasteiger partial charge is 0.238 e. The second kappa shape index (κ2) is 7.46. The van der Waals surface area contributed by atoms with Gasteiger partial charge >= 0.3 is 0 Å². The van der Waals surface area contributed by atoms with Crippen LogP contribution in [0.15, 0.2) is 12.7 Å². The first-order valence-electron chi connectivity index (χ1n) is 5.61. The molecule has 3 nitrogen and oxygen atoms in total. The van der Waals surface area contributed by atoms with Gasteiger partial charge in [0.15, 0.2) is 0 Å². The summed E-state index contributed by atoms with van der Waals surface area (Å²) < 4.78 is 0. The molecule has 0 saturated carbocycles. The number of carbonyl (C=O) groups excluding carboxylic acids is 1. The maximum absolute atomic E-state index is 11.6. The van der Waals surface area contributed by atoms with E-state index in [4.69, 9.17) is 0 Å². The van der Waals surface area contributed by atoms with Crippen LogP contribution in [0.4, 0.5) is 0 Å². The van der Waals surface area contributed by atoms with Gasteiger partial charge in [-0.2, -0.15) is 0 Å². The van der Waals surface area contributed by atoms with Gasteiger partial charge in [-0.1, -0.05) is 13.0 Å². The molecular weight excluding hydrogens is 188 g/mol. The summed E-state index contributed by atoms with van der Waals surface area (Å²) in [7, 11) is 3.57. The Balaban J connectivity index is 4.05. The normalized spacial score (nSPS) is 14.4. The Morgan fingerprint density at radius 2 is 2.13 bits per heavy atom. The van der Waals surface area contributed by atoms with Crippen molar-refractivity contribution in [3.63, 3.8) is 0 Å². The minimum atomic E-state index is -0.102. The summed E-state index contributed by atoms with van der Waals surface area (Å²) in [5, 5.41) is 3.34. The average Bonchev–Trinajstić information content (AvgIpc) is 2.22. The van der Waals surface area contributed by atoms with Crippen molar-refractivity contribution in [3.8, 4) is 0 Å². The van der Waals surface area contributed by atoms with Crippen LogP contribution in [-0.2, 0) is 4.79 Å². The first kappa shape index (κ1) is 14.2. The van der Waals surface area contributed by atoms with Crippen LogP contribution in [0.25, 0.3) is 0 Å². The highest BCUT2D eigenvalue weighted by atomic mass is 16.2. The quantitative estimate of drug-likeness (QED) is 0.653. The first-order valence-corrected chi connectivity index (χ1v) is 5.61. The van der Waals surface area contributed by atoms with Crippen LogP contribution in [0, 0.1) is 0 Å². The lowest BCUT2D eigenvalue weighted by Gasteiger charge is -2.23. The molecule has 0 aromatic carbocycles. The van der Waals surface area contributed by atoms with Gasteiger partial charge in [0.1, 0.15) is 0 Å². The van der Waals surface area contributed by atoms with Crippen molar-refractivity contribution in [2.24, 2.45) is 0 Å². The van der Waals surface area contributed by atoms with Crippen LogP contribution in [0.2, 0.25) is 0 Å². The van der Waals surface area contributed by atoms with E-state index in [1.165, 1.54) is 0 Å². The molecule has 1 N–H and O–H groups in total. The highest BCUT2D eigenvalue weighted by Crippen LogP contribution is 2.04. The van der Waals surface area contributed by atoms with E-state index in [9.17, 15) is 4.79 Å². The van der Waals surface area contributed by atoms with Gasteiger partial charge in [-0.3, -0.25) is 4.79 Å². The fourth-order valence-corrected chi connectivity index (χ4v) is 1.54. The third-order valence-electron chi connectivity index (χ3n) is 2.51. The lowest BCUT2D eigenvalue weighted by atomic mass is 10.1. The molecule has 1 unspecified atom stereocenters. The number of hydrogen-bond acceptors (Lipinski definition) is 2. The lowest BCUT2D eigenvalue weighted by Crippen LogP contribution is -2.45. The van der Waals surface area contributed by atoms with Crippen molar-refractivity contribution >= 4 is 5.91 Å². The number of hydrogen-bond donors (Lipinski definition) is 1. The topological polar surface area (TPSA) is 32.3 Å². The summed E-state index contributed by atoms with van der Waals surface area (Å²) in [6, 6.07) is 0.302. The van der Waals surface area contributed by atoms with E-state index in [-0.39, 0.29) is 11.9 Å². The Morgan fingerprint density at radius 3 is 2.53 bits per heavy atom. The van der Waals surface area contributed by atoms with Crippen molar-refractivity contribution in [1.82, 2.24) is 10.2 Å². The fraction of sp³-hybridized carbons (Fsp3) is 0.750. The number of likely N-dealkylation sites (N-methyl/N-ethyl adjacent to an activating group) is 1. The largest absolute Gasteiger partial charge is 0.347 e.